The van der Waals surface area contributed by atoms with E-state index in [9.17, 15) is 4.79 Å². The standard InChI is InChI=1S/C3H6O6/c4-1-8-3(7)9-2(5)6/h2,4-6H,1H2. The van der Waals surface area contributed by atoms with E-state index in [1.807, 2.05) is 0 Å². The molecule has 0 amide bonds. The van der Waals surface area contributed by atoms with Crippen LogP contribution < -0.4 is 0 Å². The van der Waals surface area contributed by atoms with Crippen LogP contribution in [0.3, 0.4) is 0 Å². The van der Waals surface area contributed by atoms with Gasteiger partial charge in [-0.05, 0) is 0 Å². The van der Waals surface area contributed by atoms with E-state index >= 15 is 0 Å². The molecule has 0 saturated heterocycles. The Kier molecular flexibility index (Phi) is 3.69. The number of rotatable bonds is 2. The van der Waals surface area contributed by atoms with Crippen LogP contribution in [0.5, 0.6) is 0 Å². The highest BCUT2D eigenvalue weighted by atomic mass is 16.8. The van der Waals surface area contributed by atoms with Gasteiger partial charge in [0.05, 0.1) is 0 Å². The highest BCUT2D eigenvalue weighted by Gasteiger charge is 2.06. The summed E-state index contributed by atoms with van der Waals surface area (Å²) in [6, 6.07) is 0. The molecule has 6 nitrogen and oxygen atoms in total. The minimum Gasteiger partial charge on any atom is -0.407 e. The number of ether oxygens (including phenoxy) is 2. The van der Waals surface area contributed by atoms with Gasteiger partial charge in [-0.25, -0.2) is 4.79 Å². The van der Waals surface area contributed by atoms with Crippen molar-refractivity contribution >= 4 is 6.16 Å². The molecule has 0 fully saturated rings. The maximum Gasteiger partial charge on any atom is 0.514 e. The van der Waals surface area contributed by atoms with E-state index < -0.39 is 19.4 Å². The lowest BCUT2D eigenvalue weighted by Crippen LogP contribution is -2.17. The Morgan fingerprint density at radius 2 is 2.11 bits per heavy atom. The summed E-state index contributed by atoms with van der Waals surface area (Å²) in [5.74, 6) is 0. The quantitative estimate of drug-likeness (QED) is 0.312. The second kappa shape index (κ2) is 4.07. The van der Waals surface area contributed by atoms with Gasteiger partial charge in [0.25, 0.3) is 0 Å². The molecule has 0 saturated carbocycles. The molecule has 3 N–H and O–H groups in total. The van der Waals surface area contributed by atoms with Gasteiger partial charge in [0.1, 0.15) is 0 Å². The Labute approximate surface area is 50.2 Å². The molecule has 0 bridgehead atoms. The Bertz CT molecular complexity index is 88.3. The van der Waals surface area contributed by atoms with Crippen LogP contribution in [0.15, 0.2) is 0 Å². The van der Waals surface area contributed by atoms with Gasteiger partial charge in [0, 0.05) is 0 Å². The van der Waals surface area contributed by atoms with Gasteiger partial charge < -0.3 is 24.8 Å². The molecule has 0 aliphatic rings. The first-order valence-electron chi connectivity index (χ1n) is 1.97. The van der Waals surface area contributed by atoms with Crippen molar-refractivity contribution in [3.8, 4) is 0 Å². The Morgan fingerprint density at radius 3 is 2.44 bits per heavy atom. The predicted octanol–water partition coefficient (Wildman–Crippen LogP) is -1.64. The molecule has 0 rings (SSSR count). The SMILES string of the molecule is O=C(OCO)OC(O)O. The fraction of sp³-hybridized carbons (Fsp3) is 0.667. The van der Waals surface area contributed by atoms with Crippen molar-refractivity contribution in [1.82, 2.24) is 0 Å². The van der Waals surface area contributed by atoms with Gasteiger partial charge in [-0.2, -0.15) is 0 Å². The van der Waals surface area contributed by atoms with Gasteiger partial charge in [-0.15, -0.1) is 0 Å². The van der Waals surface area contributed by atoms with Crippen LogP contribution in [0.1, 0.15) is 0 Å². The Hall–Kier alpha value is -0.850. The summed E-state index contributed by atoms with van der Waals surface area (Å²) in [5.41, 5.74) is 0. The molecule has 54 valence electrons. The zero-order valence-corrected chi connectivity index (χ0v) is 4.35. The predicted molar refractivity (Wildman–Crippen MR) is 22.9 cm³/mol. The lowest BCUT2D eigenvalue weighted by molar-refractivity contribution is -0.212. The first-order valence-corrected chi connectivity index (χ1v) is 1.97. The summed E-state index contributed by atoms with van der Waals surface area (Å²) in [7, 11) is 0. The third kappa shape index (κ3) is 5.01. The van der Waals surface area contributed by atoms with Crippen LogP contribution in [-0.2, 0) is 9.47 Å². The average Bonchev–Trinajstić information content (AvgIpc) is 1.63. The summed E-state index contributed by atoms with van der Waals surface area (Å²) in [6.07, 6.45) is -1.34. The molecule has 0 heterocycles. The van der Waals surface area contributed by atoms with Crippen molar-refractivity contribution in [2.24, 2.45) is 0 Å². The van der Waals surface area contributed by atoms with Crippen molar-refractivity contribution < 1.29 is 29.6 Å². The van der Waals surface area contributed by atoms with E-state index in [4.69, 9.17) is 15.3 Å². The zero-order valence-electron chi connectivity index (χ0n) is 4.35. The maximum atomic E-state index is 9.93. The van der Waals surface area contributed by atoms with E-state index in [0.29, 0.717) is 0 Å². The summed E-state index contributed by atoms with van der Waals surface area (Å²) in [6.45, 7) is -3.06. The minimum atomic E-state index is -2.20. The highest BCUT2D eigenvalue weighted by Crippen LogP contribution is 1.85. The molecule has 0 aliphatic carbocycles. The van der Waals surface area contributed by atoms with E-state index in [-0.39, 0.29) is 0 Å². The second-order valence-electron chi connectivity index (χ2n) is 0.968. The highest BCUT2D eigenvalue weighted by molar-refractivity contribution is 5.59. The van der Waals surface area contributed by atoms with Crippen molar-refractivity contribution in [2.45, 2.75) is 6.48 Å². The number of carbonyl (C=O) groups excluding carboxylic acids is 1. The van der Waals surface area contributed by atoms with Crippen LogP contribution in [0, 0.1) is 0 Å². The molecule has 0 aromatic heterocycles. The summed E-state index contributed by atoms with van der Waals surface area (Å²) in [4.78, 5) is 9.93. The molecule has 0 aromatic carbocycles. The number of aliphatic hydroxyl groups is 3. The van der Waals surface area contributed by atoms with Crippen LogP contribution in [0.4, 0.5) is 4.79 Å². The molecule has 0 unspecified atom stereocenters. The Morgan fingerprint density at radius 1 is 1.56 bits per heavy atom. The van der Waals surface area contributed by atoms with Crippen molar-refractivity contribution in [3.05, 3.63) is 0 Å². The first kappa shape index (κ1) is 8.15. The largest absolute Gasteiger partial charge is 0.514 e. The van der Waals surface area contributed by atoms with Gasteiger partial charge in [-0.1, -0.05) is 0 Å². The topological polar surface area (TPSA) is 96.2 Å². The first-order chi connectivity index (χ1) is 4.16. The van der Waals surface area contributed by atoms with Crippen molar-refractivity contribution in [1.29, 1.82) is 0 Å². The van der Waals surface area contributed by atoms with Gasteiger partial charge in [0.2, 0.25) is 0 Å². The third-order valence-electron chi connectivity index (χ3n) is 0.384. The zero-order chi connectivity index (χ0) is 7.28. The smallest absolute Gasteiger partial charge is 0.407 e. The van der Waals surface area contributed by atoms with Crippen LogP contribution >= 0.6 is 0 Å². The lowest BCUT2D eigenvalue weighted by Gasteiger charge is -2.03. The van der Waals surface area contributed by atoms with E-state index in [1.54, 1.807) is 0 Å². The maximum absolute atomic E-state index is 9.93. The normalized spacial score (nSPS) is 9.33. The number of aliphatic hydroxyl groups excluding tert-OH is 2. The van der Waals surface area contributed by atoms with E-state index in [1.165, 1.54) is 0 Å². The molecule has 0 aliphatic heterocycles. The number of hydrogen-bond donors (Lipinski definition) is 3. The lowest BCUT2D eigenvalue weighted by atomic mass is 11.2. The van der Waals surface area contributed by atoms with E-state index in [0.717, 1.165) is 0 Å². The summed E-state index contributed by atoms with van der Waals surface area (Å²) in [5, 5.41) is 23.7. The summed E-state index contributed by atoms with van der Waals surface area (Å²) < 4.78 is 7.31. The molecule has 0 atom stereocenters. The van der Waals surface area contributed by atoms with Crippen LogP contribution in [-0.4, -0.2) is 34.7 Å². The number of hydrogen-bond acceptors (Lipinski definition) is 6. The summed E-state index contributed by atoms with van der Waals surface area (Å²) >= 11 is 0. The second-order valence-corrected chi connectivity index (χ2v) is 0.968. The molecular formula is C3H6O6. The molecule has 9 heavy (non-hydrogen) atoms. The third-order valence-corrected chi connectivity index (χ3v) is 0.384. The molecule has 6 heteroatoms. The molecule has 0 radical (unpaired) electrons. The minimum absolute atomic E-state index is 0.856. The Balaban J connectivity index is 3.27. The van der Waals surface area contributed by atoms with Gasteiger partial charge >= 0.3 is 12.6 Å². The van der Waals surface area contributed by atoms with Crippen LogP contribution in [0.2, 0.25) is 0 Å². The fourth-order valence-corrected chi connectivity index (χ4v) is 0.173. The monoisotopic (exact) mass is 138 g/mol. The van der Waals surface area contributed by atoms with Crippen LogP contribution in [0.25, 0.3) is 0 Å². The van der Waals surface area contributed by atoms with E-state index in [2.05, 4.69) is 9.47 Å². The van der Waals surface area contributed by atoms with Gasteiger partial charge in [-0.3, -0.25) is 0 Å². The average molecular weight is 138 g/mol. The van der Waals surface area contributed by atoms with Crippen molar-refractivity contribution in [2.75, 3.05) is 6.79 Å². The fourth-order valence-electron chi connectivity index (χ4n) is 0.173. The molecule has 0 aromatic rings. The number of carbonyl (C=O) groups is 1. The molecular weight excluding hydrogens is 132 g/mol. The van der Waals surface area contributed by atoms with Crippen molar-refractivity contribution in [3.63, 3.8) is 0 Å². The van der Waals surface area contributed by atoms with Gasteiger partial charge in [0.15, 0.2) is 6.79 Å². The molecule has 0 spiro atoms.